The van der Waals surface area contributed by atoms with Crippen molar-refractivity contribution in [3.05, 3.63) is 11.4 Å². The first kappa shape index (κ1) is 17.9. The van der Waals surface area contributed by atoms with Gasteiger partial charge in [0.2, 0.25) is 0 Å². The van der Waals surface area contributed by atoms with Gasteiger partial charge in [-0.1, -0.05) is 13.8 Å². The van der Waals surface area contributed by atoms with Crippen LogP contribution >= 0.6 is 10.7 Å². The predicted molar refractivity (Wildman–Crippen MR) is 79.0 cm³/mol. The normalized spacial score (nSPS) is 11.9. The van der Waals surface area contributed by atoms with Gasteiger partial charge in [0.25, 0.3) is 15.0 Å². The molecule has 0 atom stereocenters. The summed E-state index contributed by atoms with van der Waals surface area (Å²) >= 11 is 0. The number of amides is 1. The molecule has 0 bridgehead atoms. The minimum absolute atomic E-state index is 0.217. The molecule has 0 aliphatic heterocycles. The molecule has 1 rings (SSSR count). The second-order valence-electron chi connectivity index (χ2n) is 5.04. The van der Waals surface area contributed by atoms with Crippen molar-refractivity contribution in [3.63, 3.8) is 0 Å². The van der Waals surface area contributed by atoms with Crippen LogP contribution in [0.2, 0.25) is 0 Å². The van der Waals surface area contributed by atoms with Gasteiger partial charge in [-0.3, -0.25) is 9.89 Å². The van der Waals surface area contributed by atoms with E-state index < -0.39 is 15.0 Å². The summed E-state index contributed by atoms with van der Waals surface area (Å²) in [6.45, 7) is 7.15. The third-order valence-electron chi connectivity index (χ3n) is 2.55. The van der Waals surface area contributed by atoms with Crippen LogP contribution in [0, 0.1) is 12.8 Å². The molecule has 0 fully saturated rings. The monoisotopic (exact) mass is 337 g/mol. The standard InChI is InChI=1S/C12H20ClN3O4S/c1-8(2)7-20-6-4-5-14-12(17)10-11(21(13,18)19)9(3)15-16-10/h8H,4-7H2,1-3H3,(H,14,17)(H,15,16). The average molecular weight is 338 g/mol. The van der Waals surface area contributed by atoms with Gasteiger partial charge in [-0.25, -0.2) is 8.42 Å². The van der Waals surface area contributed by atoms with Crippen molar-refractivity contribution in [2.75, 3.05) is 19.8 Å². The second kappa shape index (κ2) is 7.77. The summed E-state index contributed by atoms with van der Waals surface area (Å²) in [4.78, 5) is 11.6. The Hall–Kier alpha value is -1.12. The molecule has 1 heterocycles. The van der Waals surface area contributed by atoms with Crippen LogP contribution in [0.5, 0.6) is 0 Å². The third-order valence-corrected chi connectivity index (χ3v) is 4.00. The van der Waals surface area contributed by atoms with Crippen molar-refractivity contribution < 1.29 is 17.9 Å². The van der Waals surface area contributed by atoms with E-state index in [4.69, 9.17) is 15.4 Å². The number of aryl methyl sites for hydroxylation is 1. The molecule has 0 aliphatic carbocycles. The lowest BCUT2D eigenvalue weighted by Crippen LogP contribution is -2.27. The molecule has 0 aromatic carbocycles. The van der Waals surface area contributed by atoms with E-state index >= 15 is 0 Å². The largest absolute Gasteiger partial charge is 0.381 e. The predicted octanol–water partition coefficient (Wildman–Crippen LogP) is 1.44. The number of halogens is 1. The first-order valence-electron chi connectivity index (χ1n) is 6.59. The Bertz CT molecular complexity index is 583. The minimum atomic E-state index is -4.02. The highest BCUT2D eigenvalue weighted by molar-refractivity contribution is 8.13. The maximum Gasteiger partial charge on any atom is 0.273 e. The van der Waals surface area contributed by atoms with E-state index in [0.717, 1.165) is 0 Å². The van der Waals surface area contributed by atoms with Crippen LogP contribution < -0.4 is 5.32 Å². The molecule has 7 nitrogen and oxygen atoms in total. The Balaban J connectivity index is 2.51. The van der Waals surface area contributed by atoms with Crippen LogP contribution in [0.4, 0.5) is 0 Å². The molecule has 0 unspecified atom stereocenters. The summed E-state index contributed by atoms with van der Waals surface area (Å²) in [6, 6.07) is 0. The van der Waals surface area contributed by atoms with E-state index in [-0.39, 0.29) is 16.3 Å². The zero-order valence-electron chi connectivity index (χ0n) is 12.3. The molecule has 1 aromatic rings. The number of nitrogens with zero attached hydrogens (tertiary/aromatic N) is 1. The first-order chi connectivity index (χ1) is 9.73. The Kier molecular flexibility index (Phi) is 6.63. The van der Waals surface area contributed by atoms with Gasteiger partial charge in [0.05, 0.1) is 5.69 Å². The highest BCUT2D eigenvalue weighted by Crippen LogP contribution is 2.21. The number of carbonyl (C=O) groups is 1. The van der Waals surface area contributed by atoms with Gasteiger partial charge >= 0.3 is 0 Å². The fraction of sp³-hybridized carbons (Fsp3) is 0.667. The number of ether oxygens (including phenoxy) is 1. The lowest BCUT2D eigenvalue weighted by Gasteiger charge is -2.07. The molecule has 2 N–H and O–H groups in total. The SMILES string of the molecule is Cc1[nH]nc(C(=O)NCCCOCC(C)C)c1S(=O)(=O)Cl. The molecule has 1 amide bonds. The van der Waals surface area contributed by atoms with E-state index in [1.807, 2.05) is 0 Å². The van der Waals surface area contributed by atoms with E-state index in [2.05, 4.69) is 29.4 Å². The highest BCUT2D eigenvalue weighted by Gasteiger charge is 2.26. The fourth-order valence-corrected chi connectivity index (χ4v) is 3.00. The average Bonchev–Trinajstić information content (AvgIpc) is 2.74. The topological polar surface area (TPSA) is 101 Å². The van der Waals surface area contributed by atoms with Crippen molar-refractivity contribution in [2.45, 2.75) is 32.1 Å². The van der Waals surface area contributed by atoms with Crippen molar-refractivity contribution in [1.82, 2.24) is 15.5 Å². The molecule has 0 radical (unpaired) electrons. The van der Waals surface area contributed by atoms with Crippen LogP contribution in [0.3, 0.4) is 0 Å². The van der Waals surface area contributed by atoms with E-state index in [9.17, 15) is 13.2 Å². The smallest absolute Gasteiger partial charge is 0.273 e. The van der Waals surface area contributed by atoms with E-state index in [0.29, 0.717) is 32.1 Å². The number of hydrogen-bond donors (Lipinski definition) is 2. The van der Waals surface area contributed by atoms with Gasteiger partial charge in [0, 0.05) is 30.4 Å². The van der Waals surface area contributed by atoms with Crippen molar-refractivity contribution >= 4 is 25.6 Å². The Morgan fingerprint density at radius 2 is 2.14 bits per heavy atom. The molecule has 120 valence electrons. The molecule has 0 aliphatic rings. The number of rotatable bonds is 8. The fourth-order valence-electron chi connectivity index (χ4n) is 1.65. The molecular formula is C12H20ClN3O4S. The maximum absolute atomic E-state index is 11.9. The number of hydrogen-bond acceptors (Lipinski definition) is 5. The summed E-state index contributed by atoms with van der Waals surface area (Å²) in [5.41, 5.74) is 0.0148. The number of carbonyl (C=O) groups excluding carboxylic acids is 1. The molecule has 21 heavy (non-hydrogen) atoms. The quantitative estimate of drug-likeness (QED) is 0.552. The zero-order valence-corrected chi connectivity index (χ0v) is 13.8. The second-order valence-corrected chi connectivity index (χ2v) is 7.55. The molecule has 0 spiro atoms. The molecule has 1 aromatic heterocycles. The lowest BCUT2D eigenvalue weighted by atomic mass is 10.2. The van der Waals surface area contributed by atoms with Gasteiger partial charge in [0.1, 0.15) is 4.90 Å². The number of aromatic nitrogens is 2. The first-order valence-corrected chi connectivity index (χ1v) is 8.90. The molecular weight excluding hydrogens is 318 g/mol. The molecule has 0 saturated carbocycles. The summed E-state index contributed by atoms with van der Waals surface area (Å²) in [7, 11) is 1.28. The molecule has 0 saturated heterocycles. The number of aromatic amines is 1. The summed E-state index contributed by atoms with van der Waals surface area (Å²) < 4.78 is 28.2. The lowest BCUT2D eigenvalue weighted by molar-refractivity contribution is 0.0917. The van der Waals surface area contributed by atoms with Crippen LogP contribution in [-0.4, -0.2) is 44.3 Å². The Morgan fingerprint density at radius 1 is 1.48 bits per heavy atom. The third kappa shape index (κ3) is 5.64. The molecule has 9 heteroatoms. The van der Waals surface area contributed by atoms with Gasteiger partial charge in [-0.05, 0) is 19.3 Å². The maximum atomic E-state index is 11.9. The Labute approximate surface area is 128 Å². The van der Waals surface area contributed by atoms with Crippen molar-refractivity contribution in [1.29, 1.82) is 0 Å². The van der Waals surface area contributed by atoms with Crippen LogP contribution in [0.15, 0.2) is 4.90 Å². The van der Waals surface area contributed by atoms with Gasteiger partial charge in [0.15, 0.2) is 5.69 Å². The van der Waals surface area contributed by atoms with Gasteiger partial charge in [-0.15, -0.1) is 0 Å². The summed E-state index contributed by atoms with van der Waals surface area (Å²) in [5, 5.41) is 8.73. The minimum Gasteiger partial charge on any atom is -0.381 e. The summed E-state index contributed by atoms with van der Waals surface area (Å²) in [5.74, 6) is -0.120. The summed E-state index contributed by atoms with van der Waals surface area (Å²) in [6.07, 6.45) is 0.630. The van der Waals surface area contributed by atoms with Crippen molar-refractivity contribution in [2.24, 2.45) is 5.92 Å². The van der Waals surface area contributed by atoms with Crippen LogP contribution in [-0.2, 0) is 13.8 Å². The van der Waals surface area contributed by atoms with E-state index in [1.165, 1.54) is 6.92 Å². The van der Waals surface area contributed by atoms with E-state index in [1.54, 1.807) is 0 Å². The van der Waals surface area contributed by atoms with Crippen LogP contribution in [0.1, 0.15) is 36.5 Å². The van der Waals surface area contributed by atoms with Gasteiger partial charge in [-0.2, -0.15) is 5.10 Å². The highest BCUT2D eigenvalue weighted by atomic mass is 35.7. The number of H-pyrrole nitrogens is 1. The van der Waals surface area contributed by atoms with Gasteiger partial charge < -0.3 is 10.1 Å². The van der Waals surface area contributed by atoms with Crippen LogP contribution in [0.25, 0.3) is 0 Å². The Morgan fingerprint density at radius 3 is 2.71 bits per heavy atom. The van der Waals surface area contributed by atoms with Crippen molar-refractivity contribution in [3.8, 4) is 0 Å². The zero-order chi connectivity index (χ0) is 16.0. The number of nitrogens with one attached hydrogen (secondary N) is 2.